The minimum atomic E-state index is -1.21. The van der Waals surface area contributed by atoms with Gasteiger partial charge in [0.15, 0.2) is 0 Å². The van der Waals surface area contributed by atoms with Crippen LogP contribution in [0.5, 0.6) is 5.75 Å². The summed E-state index contributed by atoms with van der Waals surface area (Å²) in [5.41, 5.74) is 1.33. The summed E-state index contributed by atoms with van der Waals surface area (Å²) in [5.74, 6) is 0.391. The van der Waals surface area contributed by atoms with Gasteiger partial charge in [-0.05, 0) is 56.4 Å². The summed E-state index contributed by atoms with van der Waals surface area (Å²) in [6.07, 6.45) is 4.18. The standard InChI is InChI=1S/C22H28FNO2/c1-3-22(25,17-8-10-18(23)11-9-17)20-13-12-19(16-21(20)26-4-2)24-14-6-5-7-15-24/h8-13,16,25H,3-7,14-15H2,1-2H3. The molecule has 0 saturated carbocycles. The zero-order valence-corrected chi connectivity index (χ0v) is 15.7. The van der Waals surface area contributed by atoms with Crippen LogP contribution >= 0.6 is 0 Å². The lowest BCUT2D eigenvalue weighted by Gasteiger charge is -2.33. The maximum atomic E-state index is 13.3. The molecule has 0 radical (unpaired) electrons. The van der Waals surface area contributed by atoms with E-state index in [-0.39, 0.29) is 5.82 Å². The maximum Gasteiger partial charge on any atom is 0.127 e. The van der Waals surface area contributed by atoms with Crippen LogP contribution in [0.15, 0.2) is 42.5 Å². The molecule has 1 aliphatic rings. The van der Waals surface area contributed by atoms with Gasteiger partial charge in [0, 0.05) is 30.4 Å². The molecular weight excluding hydrogens is 329 g/mol. The number of anilines is 1. The van der Waals surface area contributed by atoms with E-state index in [4.69, 9.17) is 4.74 Å². The van der Waals surface area contributed by atoms with Gasteiger partial charge in [0.05, 0.1) is 6.61 Å². The van der Waals surface area contributed by atoms with Gasteiger partial charge >= 0.3 is 0 Å². The van der Waals surface area contributed by atoms with Crippen molar-refractivity contribution in [2.24, 2.45) is 0 Å². The number of nitrogens with zero attached hydrogens (tertiary/aromatic N) is 1. The molecule has 140 valence electrons. The average Bonchev–Trinajstić information content (AvgIpc) is 2.69. The van der Waals surface area contributed by atoms with Crippen LogP contribution in [-0.4, -0.2) is 24.8 Å². The van der Waals surface area contributed by atoms with E-state index in [1.54, 1.807) is 12.1 Å². The molecule has 0 aliphatic carbocycles. The second-order valence-electron chi connectivity index (χ2n) is 6.88. The van der Waals surface area contributed by atoms with Crippen molar-refractivity contribution in [3.63, 3.8) is 0 Å². The lowest BCUT2D eigenvalue weighted by molar-refractivity contribution is 0.0729. The van der Waals surface area contributed by atoms with Crippen molar-refractivity contribution in [1.82, 2.24) is 0 Å². The van der Waals surface area contributed by atoms with Gasteiger partial charge in [-0.15, -0.1) is 0 Å². The summed E-state index contributed by atoms with van der Waals surface area (Å²) in [6, 6.07) is 12.1. The first-order valence-corrected chi connectivity index (χ1v) is 9.59. The van der Waals surface area contributed by atoms with Crippen LogP contribution in [0, 0.1) is 5.82 Å². The summed E-state index contributed by atoms with van der Waals surface area (Å²) in [5, 5.41) is 11.4. The van der Waals surface area contributed by atoms with Crippen LogP contribution in [0.1, 0.15) is 50.7 Å². The molecule has 3 nitrogen and oxygen atoms in total. The molecule has 0 aromatic heterocycles. The van der Waals surface area contributed by atoms with Crippen molar-refractivity contribution >= 4 is 5.69 Å². The Kier molecular flexibility index (Phi) is 5.82. The fraction of sp³-hybridized carbons (Fsp3) is 0.455. The largest absolute Gasteiger partial charge is 0.493 e. The molecule has 1 saturated heterocycles. The van der Waals surface area contributed by atoms with E-state index >= 15 is 0 Å². The van der Waals surface area contributed by atoms with Gasteiger partial charge in [-0.3, -0.25) is 0 Å². The van der Waals surface area contributed by atoms with Gasteiger partial charge in [0.25, 0.3) is 0 Å². The third kappa shape index (κ3) is 3.70. The first kappa shape index (κ1) is 18.7. The van der Waals surface area contributed by atoms with Gasteiger partial charge in [-0.2, -0.15) is 0 Å². The van der Waals surface area contributed by atoms with E-state index in [0.717, 1.165) is 24.3 Å². The number of rotatable bonds is 6. The molecule has 1 fully saturated rings. The van der Waals surface area contributed by atoms with Crippen molar-refractivity contribution in [1.29, 1.82) is 0 Å². The first-order chi connectivity index (χ1) is 12.6. The molecule has 3 rings (SSSR count). The number of hydrogen-bond donors (Lipinski definition) is 1. The minimum absolute atomic E-state index is 0.308. The van der Waals surface area contributed by atoms with Gasteiger partial charge in [-0.1, -0.05) is 25.1 Å². The number of hydrogen-bond acceptors (Lipinski definition) is 3. The molecule has 2 aromatic rings. The average molecular weight is 357 g/mol. The third-order valence-corrected chi connectivity index (χ3v) is 5.27. The molecule has 0 bridgehead atoms. The molecule has 0 amide bonds. The maximum absolute atomic E-state index is 13.3. The number of piperidine rings is 1. The molecule has 26 heavy (non-hydrogen) atoms. The van der Waals surface area contributed by atoms with Crippen molar-refractivity contribution in [2.75, 3.05) is 24.6 Å². The van der Waals surface area contributed by atoms with Crippen LogP contribution < -0.4 is 9.64 Å². The van der Waals surface area contributed by atoms with E-state index in [2.05, 4.69) is 11.0 Å². The SMILES string of the molecule is CCOc1cc(N2CCCCC2)ccc1C(O)(CC)c1ccc(F)cc1. The molecule has 0 spiro atoms. The second kappa shape index (κ2) is 8.09. The molecule has 1 N–H and O–H groups in total. The minimum Gasteiger partial charge on any atom is -0.493 e. The zero-order chi connectivity index (χ0) is 18.6. The second-order valence-corrected chi connectivity index (χ2v) is 6.88. The highest BCUT2D eigenvalue weighted by Gasteiger charge is 2.33. The number of benzene rings is 2. The lowest BCUT2D eigenvalue weighted by Crippen LogP contribution is -2.30. The summed E-state index contributed by atoms with van der Waals surface area (Å²) >= 11 is 0. The molecule has 1 unspecified atom stereocenters. The Bertz CT molecular complexity index is 725. The van der Waals surface area contributed by atoms with Crippen LogP contribution in [0.4, 0.5) is 10.1 Å². The third-order valence-electron chi connectivity index (χ3n) is 5.27. The van der Waals surface area contributed by atoms with Gasteiger partial charge in [-0.25, -0.2) is 4.39 Å². The van der Waals surface area contributed by atoms with E-state index in [1.165, 1.54) is 31.4 Å². The van der Waals surface area contributed by atoms with Crippen molar-refractivity contribution in [3.05, 3.63) is 59.4 Å². The van der Waals surface area contributed by atoms with E-state index < -0.39 is 5.60 Å². The first-order valence-electron chi connectivity index (χ1n) is 9.59. The number of halogens is 1. The van der Waals surface area contributed by atoms with Crippen LogP contribution in [0.25, 0.3) is 0 Å². The quantitative estimate of drug-likeness (QED) is 0.801. The van der Waals surface area contributed by atoms with Gasteiger partial charge in [0.1, 0.15) is 17.2 Å². The number of ether oxygens (including phenoxy) is 1. The molecule has 1 atom stereocenters. The Labute approximate surface area is 155 Å². The Morgan fingerprint density at radius 1 is 1.04 bits per heavy atom. The highest BCUT2D eigenvalue weighted by Crippen LogP contribution is 2.40. The molecular formula is C22H28FNO2. The van der Waals surface area contributed by atoms with E-state index in [0.29, 0.717) is 24.3 Å². The summed E-state index contributed by atoms with van der Waals surface area (Å²) in [6.45, 7) is 6.51. The predicted molar refractivity (Wildman–Crippen MR) is 103 cm³/mol. The predicted octanol–water partition coefficient (Wildman–Crippen LogP) is 4.86. The summed E-state index contributed by atoms with van der Waals surface area (Å²) in [7, 11) is 0. The topological polar surface area (TPSA) is 32.7 Å². The Balaban J connectivity index is 2.02. The summed E-state index contributed by atoms with van der Waals surface area (Å²) in [4.78, 5) is 2.37. The smallest absolute Gasteiger partial charge is 0.127 e. The Morgan fingerprint density at radius 3 is 2.35 bits per heavy atom. The molecule has 2 aromatic carbocycles. The van der Waals surface area contributed by atoms with Gasteiger partial charge in [0.2, 0.25) is 0 Å². The highest BCUT2D eigenvalue weighted by atomic mass is 19.1. The van der Waals surface area contributed by atoms with Crippen LogP contribution in [-0.2, 0) is 5.60 Å². The fourth-order valence-corrected chi connectivity index (χ4v) is 3.75. The molecule has 4 heteroatoms. The van der Waals surface area contributed by atoms with E-state index in [1.807, 2.05) is 26.0 Å². The normalized spacial score (nSPS) is 17.0. The fourth-order valence-electron chi connectivity index (χ4n) is 3.75. The summed E-state index contributed by atoms with van der Waals surface area (Å²) < 4.78 is 19.2. The van der Waals surface area contributed by atoms with Crippen molar-refractivity contribution in [2.45, 2.75) is 45.1 Å². The Hall–Kier alpha value is -2.07. The lowest BCUT2D eigenvalue weighted by atomic mass is 9.83. The zero-order valence-electron chi connectivity index (χ0n) is 15.7. The van der Waals surface area contributed by atoms with Crippen LogP contribution in [0.3, 0.4) is 0 Å². The van der Waals surface area contributed by atoms with Gasteiger partial charge < -0.3 is 14.7 Å². The Morgan fingerprint density at radius 2 is 1.73 bits per heavy atom. The molecule has 1 heterocycles. The number of aliphatic hydroxyl groups is 1. The van der Waals surface area contributed by atoms with E-state index in [9.17, 15) is 9.50 Å². The monoisotopic (exact) mass is 357 g/mol. The van der Waals surface area contributed by atoms with Crippen LogP contribution in [0.2, 0.25) is 0 Å². The van der Waals surface area contributed by atoms with Crippen molar-refractivity contribution < 1.29 is 14.2 Å². The molecule has 1 aliphatic heterocycles. The van der Waals surface area contributed by atoms with Crippen molar-refractivity contribution in [3.8, 4) is 5.75 Å². The highest BCUT2D eigenvalue weighted by molar-refractivity contribution is 5.57.